The average molecular weight is 259 g/mol. The molecule has 1 aliphatic rings. The third-order valence-corrected chi connectivity index (χ3v) is 3.01. The van der Waals surface area contributed by atoms with Crippen molar-refractivity contribution >= 4 is 28.7 Å². The number of nitrogens with zero attached hydrogens (tertiary/aromatic N) is 2. The monoisotopic (exact) mass is 258 g/mol. The first-order chi connectivity index (χ1) is 8.68. The molecule has 0 spiro atoms. The van der Waals surface area contributed by atoms with E-state index in [9.17, 15) is 9.90 Å². The summed E-state index contributed by atoms with van der Waals surface area (Å²) in [6.45, 7) is 0. The van der Waals surface area contributed by atoms with Crippen molar-refractivity contribution in [1.29, 1.82) is 0 Å². The highest BCUT2D eigenvalue weighted by Gasteiger charge is 2.31. The Hall–Kier alpha value is -2.20. The first kappa shape index (κ1) is 10.9. The lowest BCUT2D eigenvalue weighted by molar-refractivity contribution is 0.105. The highest BCUT2D eigenvalue weighted by atomic mass is 35.5. The number of carbonyl (C=O) groups is 1. The molecule has 0 saturated heterocycles. The summed E-state index contributed by atoms with van der Waals surface area (Å²) in [6, 6.07) is 8.06. The van der Waals surface area contributed by atoms with E-state index in [1.807, 2.05) is 0 Å². The largest absolute Gasteiger partial charge is 0.506 e. The molecule has 5 heteroatoms. The van der Waals surface area contributed by atoms with Crippen LogP contribution in [0.3, 0.4) is 0 Å². The molecule has 88 valence electrons. The molecule has 18 heavy (non-hydrogen) atoms. The molecule has 0 bridgehead atoms. The SMILES string of the molecule is O=C1C(c2cccnn2)=C(O)c2cc(Cl)ccc21. The summed E-state index contributed by atoms with van der Waals surface area (Å²) >= 11 is 5.86. The summed E-state index contributed by atoms with van der Waals surface area (Å²) in [5, 5.41) is 18.1. The molecular weight excluding hydrogens is 252 g/mol. The fourth-order valence-electron chi connectivity index (χ4n) is 1.96. The van der Waals surface area contributed by atoms with Crippen molar-refractivity contribution in [1.82, 2.24) is 10.2 Å². The van der Waals surface area contributed by atoms with Gasteiger partial charge in [0.05, 0.1) is 5.57 Å². The maximum Gasteiger partial charge on any atom is 0.199 e. The Morgan fingerprint density at radius 1 is 1.17 bits per heavy atom. The van der Waals surface area contributed by atoms with Crippen molar-refractivity contribution in [3.8, 4) is 0 Å². The Morgan fingerprint density at radius 2 is 2.00 bits per heavy atom. The molecule has 0 amide bonds. The second-order valence-electron chi connectivity index (χ2n) is 3.85. The van der Waals surface area contributed by atoms with E-state index in [2.05, 4.69) is 10.2 Å². The van der Waals surface area contributed by atoms with Crippen molar-refractivity contribution in [3.05, 3.63) is 58.4 Å². The van der Waals surface area contributed by atoms with Gasteiger partial charge >= 0.3 is 0 Å². The van der Waals surface area contributed by atoms with Gasteiger partial charge in [-0.15, -0.1) is 0 Å². The maximum absolute atomic E-state index is 12.2. The summed E-state index contributed by atoms with van der Waals surface area (Å²) in [5.74, 6) is -0.363. The van der Waals surface area contributed by atoms with Gasteiger partial charge in [0, 0.05) is 22.3 Å². The quantitative estimate of drug-likeness (QED) is 0.854. The van der Waals surface area contributed by atoms with Crippen LogP contribution in [0.25, 0.3) is 11.3 Å². The minimum absolute atomic E-state index is 0.0991. The Bertz CT molecular complexity index is 681. The van der Waals surface area contributed by atoms with E-state index in [4.69, 9.17) is 11.6 Å². The van der Waals surface area contributed by atoms with Gasteiger partial charge in [0.15, 0.2) is 5.78 Å². The van der Waals surface area contributed by atoms with Gasteiger partial charge < -0.3 is 5.11 Å². The third kappa shape index (κ3) is 1.50. The zero-order valence-corrected chi connectivity index (χ0v) is 9.85. The van der Waals surface area contributed by atoms with Crippen LogP contribution < -0.4 is 0 Å². The van der Waals surface area contributed by atoms with Crippen molar-refractivity contribution in [3.63, 3.8) is 0 Å². The fourth-order valence-corrected chi connectivity index (χ4v) is 2.13. The molecule has 0 atom stereocenters. The number of Topliss-reactive ketones (excluding diaryl/α,β-unsaturated/α-hetero) is 1. The van der Waals surface area contributed by atoms with Crippen molar-refractivity contribution < 1.29 is 9.90 Å². The van der Waals surface area contributed by atoms with Crippen molar-refractivity contribution in [2.24, 2.45) is 0 Å². The number of aliphatic hydroxyl groups excluding tert-OH is 1. The van der Waals surface area contributed by atoms with Crippen LogP contribution in [0.2, 0.25) is 5.02 Å². The van der Waals surface area contributed by atoms with Crippen LogP contribution in [0.1, 0.15) is 21.6 Å². The first-order valence-corrected chi connectivity index (χ1v) is 5.62. The first-order valence-electron chi connectivity index (χ1n) is 5.24. The molecule has 1 aromatic carbocycles. The van der Waals surface area contributed by atoms with E-state index in [0.717, 1.165) is 0 Å². The van der Waals surface area contributed by atoms with E-state index in [0.29, 0.717) is 21.8 Å². The van der Waals surface area contributed by atoms with Gasteiger partial charge in [0.25, 0.3) is 0 Å². The molecule has 1 aliphatic carbocycles. The number of rotatable bonds is 1. The lowest BCUT2D eigenvalue weighted by Gasteiger charge is -1.98. The highest BCUT2D eigenvalue weighted by molar-refractivity contribution is 6.39. The average Bonchev–Trinajstić information content (AvgIpc) is 2.63. The van der Waals surface area contributed by atoms with Gasteiger partial charge in [-0.05, 0) is 30.3 Å². The Balaban J connectivity index is 2.22. The molecular formula is C13H7ClN2O2. The molecule has 1 N–H and O–H groups in total. The van der Waals surface area contributed by atoms with E-state index in [-0.39, 0.29) is 17.1 Å². The molecule has 0 unspecified atom stereocenters. The van der Waals surface area contributed by atoms with E-state index in [1.54, 1.807) is 30.3 Å². The number of hydrogen-bond donors (Lipinski definition) is 1. The van der Waals surface area contributed by atoms with E-state index in [1.165, 1.54) is 6.20 Å². The number of aliphatic hydroxyl groups is 1. The summed E-state index contributed by atoms with van der Waals surface area (Å²) < 4.78 is 0. The standard InChI is InChI=1S/C13H7ClN2O2/c14-7-3-4-8-9(6-7)13(18)11(12(8)17)10-2-1-5-15-16-10/h1-6,18H. The number of hydrogen-bond acceptors (Lipinski definition) is 4. The molecule has 0 aliphatic heterocycles. The molecule has 2 aromatic rings. The normalized spacial score (nSPS) is 13.9. The van der Waals surface area contributed by atoms with Crippen molar-refractivity contribution in [2.45, 2.75) is 0 Å². The van der Waals surface area contributed by atoms with Gasteiger partial charge in [-0.25, -0.2) is 0 Å². The van der Waals surface area contributed by atoms with Crippen LogP contribution in [0.15, 0.2) is 36.5 Å². The number of fused-ring (bicyclic) bond motifs is 1. The summed E-state index contributed by atoms with van der Waals surface area (Å²) in [4.78, 5) is 12.2. The minimum atomic E-state index is -0.264. The van der Waals surface area contributed by atoms with Gasteiger partial charge in [-0.3, -0.25) is 4.79 Å². The number of halogens is 1. The molecule has 0 radical (unpaired) electrons. The Kier molecular flexibility index (Phi) is 2.38. The number of carbonyl (C=O) groups excluding carboxylic acids is 1. The molecule has 0 saturated carbocycles. The second-order valence-corrected chi connectivity index (χ2v) is 4.29. The van der Waals surface area contributed by atoms with Gasteiger partial charge in [-0.1, -0.05) is 11.6 Å². The van der Waals surface area contributed by atoms with E-state index < -0.39 is 0 Å². The van der Waals surface area contributed by atoms with Crippen LogP contribution in [-0.4, -0.2) is 21.1 Å². The number of ketones is 1. The number of allylic oxidation sites excluding steroid dienone is 1. The molecule has 0 fully saturated rings. The lowest BCUT2D eigenvalue weighted by Crippen LogP contribution is -2.00. The van der Waals surface area contributed by atoms with Crippen molar-refractivity contribution in [2.75, 3.05) is 0 Å². The van der Waals surface area contributed by atoms with Crippen LogP contribution >= 0.6 is 11.6 Å². The zero-order chi connectivity index (χ0) is 12.7. The third-order valence-electron chi connectivity index (χ3n) is 2.77. The molecule has 3 rings (SSSR count). The Morgan fingerprint density at radius 3 is 2.72 bits per heavy atom. The van der Waals surface area contributed by atoms with Gasteiger partial charge in [0.2, 0.25) is 0 Å². The predicted molar refractivity (Wildman–Crippen MR) is 67.3 cm³/mol. The summed E-state index contributed by atoms with van der Waals surface area (Å²) in [7, 11) is 0. The fraction of sp³-hybridized carbons (Fsp3) is 0. The van der Waals surface area contributed by atoms with Crippen LogP contribution in [0, 0.1) is 0 Å². The topological polar surface area (TPSA) is 63.1 Å². The summed E-state index contributed by atoms with van der Waals surface area (Å²) in [6.07, 6.45) is 1.50. The van der Waals surface area contributed by atoms with Crippen LogP contribution in [0.4, 0.5) is 0 Å². The summed E-state index contributed by atoms with van der Waals surface area (Å²) in [5.41, 5.74) is 1.39. The smallest absolute Gasteiger partial charge is 0.199 e. The molecule has 1 heterocycles. The maximum atomic E-state index is 12.2. The Labute approximate surface area is 108 Å². The van der Waals surface area contributed by atoms with E-state index >= 15 is 0 Å². The zero-order valence-electron chi connectivity index (χ0n) is 9.09. The molecule has 1 aromatic heterocycles. The number of benzene rings is 1. The number of aromatic nitrogens is 2. The lowest BCUT2D eigenvalue weighted by atomic mass is 10.1. The van der Waals surface area contributed by atoms with Crippen LogP contribution in [-0.2, 0) is 0 Å². The predicted octanol–water partition coefficient (Wildman–Crippen LogP) is 2.75. The van der Waals surface area contributed by atoms with Crippen LogP contribution in [0.5, 0.6) is 0 Å². The second kappa shape index (κ2) is 3.92. The minimum Gasteiger partial charge on any atom is -0.506 e. The van der Waals surface area contributed by atoms with Gasteiger partial charge in [0.1, 0.15) is 11.5 Å². The van der Waals surface area contributed by atoms with Gasteiger partial charge in [-0.2, -0.15) is 10.2 Å². The molecule has 4 nitrogen and oxygen atoms in total. The highest BCUT2D eigenvalue weighted by Crippen LogP contribution is 2.36.